The number of hydrogen-bond acceptors (Lipinski definition) is 4. The van der Waals surface area contributed by atoms with E-state index in [0.717, 1.165) is 13.1 Å². The van der Waals surface area contributed by atoms with E-state index in [1.165, 1.54) is 0 Å². The molecular weight excluding hydrogens is 248 g/mol. The Bertz CT molecular complexity index is 320. The second-order valence-corrected chi connectivity index (χ2v) is 5.24. The summed E-state index contributed by atoms with van der Waals surface area (Å²) in [5, 5.41) is 11.5. The number of likely N-dealkylation sites (tertiary alicyclic amines) is 1. The van der Waals surface area contributed by atoms with Gasteiger partial charge in [0.15, 0.2) is 0 Å². The number of nitrogens with one attached hydrogen (secondary N) is 1. The van der Waals surface area contributed by atoms with Gasteiger partial charge in [-0.15, -0.1) is 0 Å². The first-order valence-corrected chi connectivity index (χ1v) is 6.72. The van der Waals surface area contributed by atoms with Crippen LogP contribution in [0, 0.1) is 0 Å². The molecule has 2 atom stereocenters. The van der Waals surface area contributed by atoms with Gasteiger partial charge in [-0.05, 0) is 20.3 Å². The summed E-state index contributed by atoms with van der Waals surface area (Å²) in [4.78, 5) is 24.4. The van der Waals surface area contributed by atoms with Crippen molar-refractivity contribution in [3.63, 3.8) is 0 Å². The third-order valence-corrected chi connectivity index (χ3v) is 3.47. The Morgan fingerprint density at radius 3 is 2.58 bits per heavy atom. The second-order valence-electron chi connectivity index (χ2n) is 5.24. The van der Waals surface area contributed by atoms with Crippen molar-refractivity contribution in [3.05, 3.63) is 0 Å². The number of aliphatic carboxylic acids is 1. The maximum absolute atomic E-state index is 11.7. The molecule has 0 aromatic rings. The summed E-state index contributed by atoms with van der Waals surface area (Å²) in [7, 11) is 1.65. The van der Waals surface area contributed by atoms with Gasteiger partial charge in [-0.1, -0.05) is 0 Å². The van der Waals surface area contributed by atoms with Crippen LogP contribution in [0.1, 0.15) is 33.1 Å². The number of carboxylic acids is 1. The molecule has 0 aromatic carbocycles. The lowest BCUT2D eigenvalue weighted by Crippen LogP contribution is -2.43. The average Bonchev–Trinajstić information content (AvgIpc) is 2.71. The van der Waals surface area contributed by atoms with Gasteiger partial charge in [-0.2, -0.15) is 0 Å². The molecule has 1 aliphatic heterocycles. The highest BCUT2D eigenvalue weighted by atomic mass is 16.5. The SMILES string of the molecule is CO[C@H]1CN(C(C)C)C[C@@H]1NC(=O)CCCC(=O)O. The fourth-order valence-electron chi connectivity index (χ4n) is 2.28. The molecule has 0 unspecified atom stereocenters. The molecule has 19 heavy (non-hydrogen) atoms. The Morgan fingerprint density at radius 2 is 2.05 bits per heavy atom. The Kier molecular flexibility index (Phi) is 6.24. The van der Waals surface area contributed by atoms with Crippen LogP contribution in [0.25, 0.3) is 0 Å². The lowest BCUT2D eigenvalue weighted by molar-refractivity contribution is -0.137. The van der Waals surface area contributed by atoms with Crippen molar-refractivity contribution >= 4 is 11.9 Å². The Balaban J connectivity index is 2.37. The molecule has 0 aromatic heterocycles. The zero-order valence-electron chi connectivity index (χ0n) is 11.9. The van der Waals surface area contributed by atoms with Gasteiger partial charge in [0.1, 0.15) is 0 Å². The predicted octanol–water partition coefficient (Wildman–Crippen LogP) is 0.465. The lowest BCUT2D eigenvalue weighted by atomic mass is 10.2. The molecule has 0 aliphatic carbocycles. The van der Waals surface area contributed by atoms with E-state index in [-0.39, 0.29) is 30.9 Å². The van der Waals surface area contributed by atoms with Gasteiger partial charge in [0.05, 0.1) is 12.1 Å². The summed E-state index contributed by atoms with van der Waals surface area (Å²) in [5.74, 6) is -0.965. The number of methoxy groups -OCH3 is 1. The van der Waals surface area contributed by atoms with Crippen LogP contribution in [0.2, 0.25) is 0 Å². The van der Waals surface area contributed by atoms with E-state index in [9.17, 15) is 9.59 Å². The van der Waals surface area contributed by atoms with E-state index in [0.29, 0.717) is 12.5 Å². The third-order valence-electron chi connectivity index (χ3n) is 3.47. The average molecular weight is 272 g/mol. The lowest BCUT2D eigenvalue weighted by Gasteiger charge is -2.20. The van der Waals surface area contributed by atoms with Gasteiger partial charge in [-0.25, -0.2) is 0 Å². The van der Waals surface area contributed by atoms with Crippen LogP contribution in [0.5, 0.6) is 0 Å². The van der Waals surface area contributed by atoms with Crippen molar-refractivity contribution < 1.29 is 19.4 Å². The first kappa shape index (κ1) is 15.9. The van der Waals surface area contributed by atoms with Gasteiger partial charge < -0.3 is 15.2 Å². The van der Waals surface area contributed by atoms with Crippen molar-refractivity contribution in [1.82, 2.24) is 10.2 Å². The molecular formula is C13H24N2O4. The summed E-state index contributed by atoms with van der Waals surface area (Å²) in [6.07, 6.45) is 0.662. The molecule has 0 radical (unpaired) electrons. The van der Waals surface area contributed by atoms with Crippen molar-refractivity contribution in [1.29, 1.82) is 0 Å². The van der Waals surface area contributed by atoms with Crippen molar-refractivity contribution in [3.8, 4) is 0 Å². The minimum absolute atomic E-state index is 0.00539. The van der Waals surface area contributed by atoms with Crippen molar-refractivity contribution in [2.24, 2.45) is 0 Å². The molecule has 6 nitrogen and oxygen atoms in total. The molecule has 1 fully saturated rings. The van der Waals surface area contributed by atoms with Gasteiger partial charge in [0.25, 0.3) is 0 Å². The molecule has 1 rings (SSSR count). The first-order valence-electron chi connectivity index (χ1n) is 6.72. The van der Waals surface area contributed by atoms with E-state index in [2.05, 4.69) is 24.1 Å². The van der Waals surface area contributed by atoms with Crippen LogP contribution < -0.4 is 5.32 Å². The number of carboxylic acid groups (broad SMARTS) is 1. The van der Waals surface area contributed by atoms with Gasteiger partial charge >= 0.3 is 5.97 Å². The standard InChI is InChI=1S/C13H24N2O4/c1-9(2)15-7-10(11(8-15)19-3)14-12(16)5-4-6-13(17)18/h9-11H,4-8H2,1-3H3,(H,14,16)(H,17,18)/t10-,11-/m0/s1. The Labute approximate surface area is 114 Å². The summed E-state index contributed by atoms with van der Waals surface area (Å²) in [5.41, 5.74) is 0. The topological polar surface area (TPSA) is 78.9 Å². The molecule has 6 heteroatoms. The minimum Gasteiger partial charge on any atom is -0.481 e. The highest BCUT2D eigenvalue weighted by Gasteiger charge is 2.34. The Hall–Kier alpha value is -1.14. The zero-order valence-corrected chi connectivity index (χ0v) is 11.9. The number of amides is 1. The van der Waals surface area contributed by atoms with E-state index in [1.54, 1.807) is 7.11 Å². The summed E-state index contributed by atoms with van der Waals surface area (Å²) in [6.45, 7) is 5.82. The van der Waals surface area contributed by atoms with E-state index >= 15 is 0 Å². The highest BCUT2D eigenvalue weighted by molar-refractivity contribution is 5.77. The fourth-order valence-corrected chi connectivity index (χ4v) is 2.28. The normalized spacial score (nSPS) is 23.8. The largest absolute Gasteiger partial charge is 0.481 e. The number of carbonyl (C=O) groups is 2. The van der Waals surface area contributed by atoms with Crippen LogP contribution in [0.15, 0.2) is 0 Å². The minimum atomic E-state index is -0.866. The zero-order chi connectivity index (χ0) is 14.4. The van der Waals surface area contributed by atoms with Crippen molar-refractivity contribution in [2.75, 3.05) is 20.2 Å². The van der Waals surface area contributed by atoms with Crippen LogP contribution in [0.3, 0.4) is 0 Å². The molecule has 110 valence electrons. The molecule has 0 bridgehead atoms. The quantitative estimate of drug-likeness (QED) is 0.704. The maximum Gasteiger partial charge on any atom is 0.303 e. The molecule has 1 aliphatic rings. The number of hydrogen-bond donors (Lipinski definition) is 2. The van der Waals surface area contributed by atoms with E-state index in [1.807, 2.05) is 0 Å². The number of ether oxygens (including phenoxy) is 1. The van der Waals surface area contributed by atoms with Gasteiger partial charge in [-0.3, -0.25) is 14.5 Å². The van der Waals surface area contributed by atoms with Gasteiger partial charge in [0, 0.05) is 39.1 Å². The third kappa shape index (κ3) is 5.16. The summed E-state index contributed by atoms with van der Waals surface area (Å²) >= 11 is 0. The molecule has 2 N–H and O–H groups in total. The maximum atomic E-state index is 11.7. The first-order chi connectivity index (χ1) is 8.93. The molecule has 1 amide bonds. The highest BCUT2D eigenvalue weighted by Crippen LogP contribution is 2.16. The summed E-state index contributed by atoms with van der Waals surface area (Å²) in [6, 6.07) is 0.413. The monoisotopic (exact) mass is 272 g/mol. The van der Waals surface area contributed by atoms with Gasteiger partial charge in [0.2, 0.25) is 5.91 Å². The number of carbonyl (C=O) groups excluding carboxylic acids is 1. The summed E-state index contributed by atoms with van der Waals surface area (Å²) < 4.78 is 5.40. The van der Waals surface area contributed by atoms with Crippen LogP contribution in [-0.4, -0.2) is 60.3 Å². The van der Waals surface area contributed by atoms with E-state index < -0.39 is 5.97 Å². The molecule has 0 spiro atoms. The fraction of sp³-hybridized carbons (Fsp3) is 0.846. The smallest absolute Gasteiger partial charge is 0.303 e. The van der Waals surface area contributed by atoms with Crippen LogP contribution >= 0.6 is 0 Å². The van der Waals surface area contributed by atoms with Crippen LogP contribution in [0.4, 0.5) is 0 Å². The van der Waals surface area contributed by atoms with E-state index in [4.69, 9.17) is 9.84 Å². The predicted molar refractivity (Wildman–Crippen MR) is 70.9 cm³/mol. The van der Waals surface area contributed by atoms with Crippen LogP contribution in [-0.2, 0) is 14.3 Å². The van der Waals surface area contributed by atoms with Crippen molar-refractivity contribution in [2.45, 2.75) is 51.3 Å². The molecule has 1 heterocycles. The second kappa shape index (κ2) is 7.45. The molecule has 1 saturated heterocycles. The molecule has 0 saturated carbocycles. The number of nitrogens with zero attached hydrogens (tertiary/aromatic N) is 1. The number of rotatable bonds is 7. The Morgan fingerprint density at radius 1 is 1.37 bits per heavy atom.